The Morgan fingerprint density at radius 3 is 2.53 bits per heavy atom. The number of pyridine rings is 1. The first kappa shape index (κ1) is 23.6. The van der Waals surface area contributed by atoms with Crippen LogP contribution < -0.4 is 15.8 Å². The first-order chi connectivity index (χ1) is 14.9. The van der Waals surface area contributed by atoms with Gasteiger partial charge in [0.2, 0.25) is 0 Å². The summed E-state index contributed by atoms with van der Waals surface area (Å²) in [5.41, 5.74) is 5.34. The quantitative estimate of drug-likeness (QED) is 0.415. The lowest BCUT2D eigenvalue weighted by atomic mass is 10.0. The van der Waals surface area contributed by atoms with Crippen LogP contribution in [0, 0.1) is 12.7 Å². The Morgan fingerprint density at radius 1 is 1.28 bits per heavy atom. The normalized spacial score (nSPS) is 12.5. The van der Waals surface area contributed by atoms with Gasteiger partial charge in [-0.3, -0.25) is 9.89 Å². The Bertz CT molecular complexity index is 1160. The van der Waals surface area contributed by atoms with Crippen molar-refractivity contribution in [2.24, 2.45) is 0 Å². The average molecular weight is 492 g/mol. The molecule has 0 aliphatic rings. The molecule has 0 saturated carbocycles. The summed E-state index contributed by atoms with van der Waals surface area (Å²) in [6.45, 7) is 2.30. The molecular weight excluding hydrogens is 477 g/mol. The van der Waals surface area contributed by atoms with E-state index in [1.165, 1.54) is 12.1 Å². The lowest BCUT2D eigenvalue weighted by Crippen LogP contribution is -2.32. The molecule has 170 valence electrons. The summed E-state index contributed by atoms with van der Waals surface area (Å²) in [5, 5.41) is 8.64. The topological polar surface area (TPSA) is 106 Å². The number of anilines is 2. The number of H-pyrrole nitrogens is 1. The third-order valence-corrected chi connectivity index (χ3v) is 4.96. The van der Waals surface area contributed by atoms with E-state index in [0.29, 0.717) is 5.69 Å². The van der Waals surface area contributed by atoms with Crippen molar-refractivity contribution < 1.29 is 27.1 Å². The molecule has 0 bridgehead atoms. The van der Waals surface area contributed by atoms with Crippen molar-refractivity contribution in [3.8, 4) is 17.0 Å². The first-order valence-electron chi connectivity index (χ1n) is 8.89. The van der Waals surface area contributed by atoms with Crippen molar-refractivity contribution in [3.05, 3.63) is 51.5 Å². The minimum atomic E-state index is -4.74. The van der Waals surface area contributed by atoms with Gasteiger partial charge < -0.3 is 15.8 Å². The molecule has 1 aromatic carbocycles. The number of rotatable bonds is 5. The summed E-state index contributed by atoms with van der Waals surface area (Å²) in [4.78, 5) is 16.7. The van der Waals surface area contributed by atoms with E-state index in [1.54, 1.807) is 6.92 Å². The van der Waals surface area contributed by atoms with Crippen LogP contribution in [0.2, 0.25) is 10.2 Å². The summed E-state index contributed by atoms with van der Waals surface area (Å²) < 4.78 is 59.2. The molecule has 1 atom stereocenters. The average Bonchev–Trinajstić information content (AvgIpc) is 3.02. The fourth-order valence-electron chi connectivity index (χ4n) is 2.62. The fraction of sp³-hybridized carbons (Fsp3) is 0.211. The Labute approximate surface area is 188 Å². The predicted molar refractivity (Wildman–Crippen MR) is 111 cm³/mol. The Morgan fingerprint density at radius 2 is 1.97 bits per heavy atom. The van der Waals surface area contributed by atoms with E-state index in [4.69, 9.17) is 33.7 Å². The number of aryl methyl sites for hydroxylation is 1. The highest BCUT2D eigenvalue weighted by molar-refractivity contribution is 6.33. The zero-order valence-corrected chi connectivity index (χ0v) is 18.0. The van der Waals surface area contributed by atoms with Crippen LogP contribution in [0.15, 0.2) is 24.3 Å². The second-order valence-electron chi connectivity index (χ2n) is 6.66. The standard InChI is InChI=1S/C19H15Cl2F4N5O2/c1-7-15(16(21)30-29-7)28-18(31)10-5-12(22)9(13-4-3-11(20)17(26)27-13)6-14(10)32-8(2)19(23,24)25/h3-6,8H,1-2H3,(H2,26,27)(H,28,31)(H,29,30)/t8-/m0/s1. The van der Waals surface area contributed by atoms with Crippen molar-refractivity contribution >= 4 is 40.6 Å². The van der Waals surface area contributed by atoms with Crippen molar-refractivity contribution in [3.63, 3.8) is 0 Å². The van der Waals surface area contributed by atoms with Crippen LogP contribution in [0.5, 0.6) is 5.75 Å². The molecule has 0 saturated heterocycles. The zero-order chi connectivity index (χ0) is 23.8. The van der Waals surface area contributed by atoms with Gasteiger partial charge in [0.15, 0.2) is 11.3 Å². The maximum absolute atomic E-state index is 14.9. The molecule has 4 N–H and O–H groups in total. The number of nitrogens with two attached hydrogens (primary N) is 1. The van der Waals surface area contributed by atoms with Gasteiger partial charge in [-0.05, 0) is 38.1 Å². The van der Waals surface area contributed by atoms with Crippen molar-refractivity contribution in [1.82, 2.24) is 15.2 Å². The van der Waals surface area contributed by atoms with Crippen molar-refractivity contribution in [1.29, 1.82) is 0 Å². The number of amides is 1. The number of alkyl halides is 3. The number of carbonyl (C=O) groups is 1. The molecule has 0 aliphatic carbocycles. The summed E-state index contributed by atoms with van der Waals surface area (Å²) >= 11 is 11.7. The maximum Gasteiger partial charge on any atom is 0.425 e. The third-order valence-electron chi connectivity index (χ3n) is 4.37. The van der Waals surface area contributed by atoms with Gasteiger partial charge in [-0.25, -0.2) is 9.37 Å². The number of aromatic nitrogens is 3. The van der Waals surface area contributed by atoms with E-state index < -0.39 is 35.3 Å². The SMILES string of the molecule is Cc1[nH]nc(Cl)c1NC(=O)c1cc(F)c(-c2ccc(Cl)c(N)n2)cc1O[C@@H](C)C(F)(F)F. The van der Waals surface area contributed by atoms with E-state index in [9.17, 15) is 22.4 Å². The Balaban J connectivity index is 2.09. The molecule has 1 amide bonds. The summed E-state index contributed by atoms with van der Waals surface area (Å²) in [6, 6.07) is 4.34. The van der Waals surface area contributed by atoms with E-state index in [-0.39, 0.29) is 32.9 Å². The maximum atomic E-state index is 14.9. The van der Waals surface area contributed by atoms with Gasteiger partial charge in [0.05, 0.1) is 22.0 Å². The lowest BCUT2D eigenvalue weighted by molar-refractivity contribution is -0.189. The lowest BCUT2D eigenvalue weighted by Gasteiger charge is -2.20. The number of aromatic amines is 1. The second kappa shape index (κ2) is 8.83. The highest BCUT2D eigenvalue weighted by atomic mass is 35.5. The van der Waals surface area contributed by atoms with Crippen molar-refractivity contribution in [2.45, 2.75) is 26.1 Å². The van der Waals surface area contributed by atoms with Crippen LogP contribution in [-0.4, -0.2) is 33.4 Å². The molecule has 0 unspecified atom stereocenters. The van der Waals surface area contributed by atoms with Crippen LogP contribution in [0.25, 0.3) is 11.3 Å². The number of hydrogen-bond donors (Lipinski definition) is 3. The summed E-state index contributed by atoms with van der Waals surface area (Å²) in [6.07, 6.45) is -7.04. The molecule has 2 aromatic heterocycles. The molecule has 2 heterocycles. The Hall–Kier alpha value is -3.05. The van der Waals surface area contributed by atoms with Crippen LogP contribution in [-0.2, 0) is 0 Å². The monoisotopic (exact) mass is 491 g/mol. The summed E-state index contributed by atoms with van der Waals surface area (Å²) in [7, 11) is 0. The largest absolute Gasteiger partial charge is 0.480 e. The van der Waals surface area contributed by atoms with E-state index in [0.717, 1.165) is 19.1 Å². The van der Waals surface area contributed by atoms with E-state index >= 15 is 0 Å². The number of nitrogens with one attached hydrogen (secondary N) is 2. The van der Waals surface area contributed by atoms with E-state index in [1.807, 2.05) is 0 Å². The van der Waals surface area contributed by atoms with Gasteiger partial charge in [-0.15, -0.1) is 0 Å². The number of nitrogen functional groups attached to an aromatic ring is 1. The number of nitrogens with zero attached hydrogens (tertiary/aromatic N) is 2. The van der Waals surface area contributed by atoms with Gasteiger partial charge in [0.25, 0.3) is 5.91 Å². The third kappa shape index (κ3) is 4.89. The number of ether oxygens (including phenoxy) is 1. The van der Waals surface area contributed by atoms with Gasteiger partial charge in [0.1, 0.15) is 23.1 Å². The van der Waals surface area contributed by atoms with Gasteiger partial charge >= 0.3 is 6.18 Å². The molecule has 32 heavy (non-hydrogen) atoms. The molecule has 7 nitrogen and oxygen atoms in total. The number of carbonyl (C=O) groups excluding carboxylic acids is 1. The molecule has 0 radical (unpaired) electrons. The van der Waals surface area contributed by atoms with Gasteiger partial charge in [-0.1, -0.05) is 23.2 Å². The van der Waals surface area contributed by atoms with Crippen LogP contribution in [0.4, 0.5) is 29.1 Å². The minimum Gasteiger partial charge on any atom is -0.480 e. The van der Waals surface area contributed by atoms with E-state index in [2.05, 4.69) is 20.5 Å². The smallest absolute Gasteiger partial charge is 0.425 e. The number of hydrogen-bond acceptors (Lipinski definition) is 5. The molecule has 0 fully saturated rings. The second-order valence-corrected chi connectivity index (χ2v) is 7.43. The first-order valence-corrected chi connectivity index (χ1v) is 9.65. The fourth-order valence-corrected chi connectivity index (χ4v) is 2.95. The van der Waals surface area contributed by atoms with Gasteiger partial charge in [0, 0.05) is 5.56 Å². The Kier molecular flexibility index (Phi) is 6.51. The molecule has 0 aliphatic heterocycles. The highest BCUT2D eigenvalue weighted by Gasteiger charge is 2.39. The van der Waals surface area contributed by atoms with Crippen LogP contribution >= 0.6 is 23.2 Å². The van der Waals surface area contributed by atoms with Crippen LogP contribution in [0.1, 0.15) is 23.0 Å². The molecule has 3 rings (SSSR count). The summed E-state index contributed by atoms with van der Waals surface area (Å²) in [5.74, 6) is -2.56. The molecule has 3 aromatic rings. The van der Waals surface area contributed by atoms with Gasteiger partial charge in [-0.2, -0.15) is 18.3 Å². The minimum absolute atomic E-state index is 0.0189. The highest BCUT2D eigenvalue weighted by Crippen LogP contribution is 2.35. The zero-order valence-electron chi connectivity index (χ0n) is 16.4. The molecule has 13 heteroatoms. The molecular formula is C19H15Cl2F4N5O2. The number of halogens is 6. The predicted octanol–water partition coefficient (Wildman–Crippen LogP) is 5.39. The number of benzene rings is 1. The molecule has 0 spiro atoms. The van der Waals surface area contributed by atoms with Crippen LogP contribution in [0.3, 0.4) is 0 Å². The van der Waals surface area contributed by atoms with Crippen molar-refractivity contribution in [2.75, 3.05) is 11.1 Å².